The summed E-state index contributed by atoms with van der Waals surface area (Å²) >= 11 is 0. The maximum atomic E-state index is 14.0. The molecule has 2 heterocycles. The number of aromatic nitrogens is 3. The zero-order valence-corrected chi connectivity index (χ0v) is 18.1. The molecule has 0 radical (unpaired) electrons. The van der Waals surface area contributed by atoms with Crippen LogP contribution in [0.3, 0.4) is 0 Å². The van der Waals surface area contributed by atoms with Gasteiger partial charge >= 0.3 is 11.9 Å². The zero-order valence-electron chi connectivity index (χ0n) is 18.1. The molecule has 2 aromatic carbocycles. The number of halogens is 5. The molecule has 0 amide bonds. The largest absolute Gasteiger partial charge is 0.416 e. The zero-order chi connectivity index (χ0) is 25.2. The maximum Gasteiger partial charge on any atom is 0.416 e. The van der Waals surface area contributed by atoms with E-state index in [1.165, 1.54) is 24.3 Å². The average molecular weight is 500 g/mol. The predicted octanol–water partition coefficient (Wildman–Crippen LogP) is 3.04. The lowest BCUT2D eigenvalue weighted by atomic mass is 10.0. The van der Waals surface area contributed by atoms with Gasteiger partial charge in [-0.05, 0) is 41.5 Å². The first-order chi connectivity index (χ1) is 16.6. The Bertz CT molecular complexity index is 1200. The molecule has 188 valence electrons. The second-order valence-corrected chi connectivity index (χ2v) is 7.90. The number of benzene rings is 2. The number of hydrogen-bond donors (Lipinski definition) is 3. The molecule has 1 saturated heterocycles. The van der Waals surface area contributed by atoms with Crippen molar-refractivity contribution in [3.63, 3.8) is 0 Å². The van der Waals surface area contributed by atoms with Crippen LogP contribution in [0.15, 0.2) is 47.3 Å². The number of rotatable bonds is 7. The third-order valence-electron chi connectivity index (χ3n) is 5.51. The van der Waals surface area contributed by atoms with Crippen molar-refractivity contribution in [2.24, 2.45) is 0 Å². The Balaban J connectivity index is 1.65. The number of hydrogen-bond acceptors (Lipinski definition) is 6. The van der Waals surface area contributed by atoms with Crippen molar-refractivity contribution < 1.29 is 36.5 Å². The molecular formula is C22H21F5N4O4. The van der Waals surface area contributed by atoms with Gasteiger partial charge in [0.1, 0.15) is 23.6 Å². The van der Waals surface area contributed by atoms with E-state index in [1.54, 1.807) is 0 Å². The van der Waals surface area contributed by atoms with Gasteiger partial charge in [-0.15, -0.1) is 0 Å². The van der Waals surface area contributed by atoms with E-state index in [0.717, 1.165) is 6.07 Å². The van der Waals surface area contributed by atoms with Crippen molar-refractivity contribution in [1.82, 2.24) is 20.1 Å². The van der Waals surface area contributed by atoms with Gasteiger partial charge in [0.15, 0.2) is 6.29 Å². The van der Waals surface area contributed by atoms with Crippen molar-refractivity contribution in [1.29, 1.82) is 0 Å². The van der Waals surface area contributed by atoms with Crippen LogP contribution < -0.4 is 5.69 Å². The molecule has 0 saturated carbocycles. The van der Waals surface area contributed by atoms with Gasteiger partial charge in [-0.3, -0.25) is 10.00 Å². The minimum Gasteiger partial charge on any atom is -0.393 e. The summed E-state index contributed by atoms with van der Waals surface area (Å²) in [5.41, 5.74) is -1.49. The maximum absolute atomic E-state index is 14.0. The summed E-state index contributed by atoms with van der Waals surface area (Å²) in [6.45, 7) is -0.152. The van der Waals surface area contributed by atoms with Gasteiger partial charge in [0, 0.05) is 6.54 Å². The normalized spacial score (nSPS) is 20.2. The van der Waals surface area contributed by atoms with Gasteiger partial charge in [-0.2, -0.15) is 18.2 Å². The van der Waals surface area contributed by atoms with Gasteiger partial charge in [-0.1, -0.05) is 12.1 Å². The van der Waals surface area contributed by atoms with E-state index in [2.05, 4.69) is 15.2 Å². The second-order valence-electron chi connectivity index (χ2n) is 7.90. The SMILES string of the molecule is O=c1nc(CN2CCO[C@H](O[C@H](CO)c3cc(F)cc(C(F)(F)F)c3)[C@@H]2c2ccc(F)cc2)[nH][nH]1. The molecule has 1 aromatic heterocycles. The van der Waals surface area contributed by atoms with Crippen molar-refractivity contribution in [3.8, 4) is 0 Å². The Kier molecular flexibility index (Phi) is 7.31. The molecule has 3 aromatic rings. The van der Waals surface area contributed by atoms with E-state index < -0.39 is 54.1 Å². The summed E-state index contributed by atoms with van der Waals surface area (Å²) in [5, 5.41) is 14.8. The number of aliphatic hydroxyl groups is 1. The summed E-state index contributed by atoms with van der Waals surface area (Å²) in [5.74, 6) is -1.32. The molecule has 13 heteroatoms. The molecule has 1 fully saturated rings. The molecule has 0 aliphatic carbocycles. The summed E-state index contributed by atoms with van der Waals surface area (Å²) in [6, 6.07) is 6.59. The van der Waals surface area contributed by atoms with Crippen LogP contribution in [0.4, 0.5) is 22.0 Å². The van der Waals surface area contributed by atoms with Gasteiger partial charge < -0.3 is 14.6 Å². The van der Waals surface area contributed by atoms with E-state index in [-0.39, 0.29) is 18.7 Å². The number of alkyl halides is 3. The Morgan fingerprint density at radius 2 is 1.89 bits per heavy atom. The molecule has 0 spiro atoms. The molecule has 0 unspecified atom stereocenters. The van der Waals surface area contributed by atoms with Gasteiger partial charge in [0.2, 0.25) is 0 Å². The van der Waals surface area contributed by atoms with E-state index in [9.17, 15) is 31.9 Å². The highest BCUT2D eigenvalue weighted by Gasteiger charge is 2.38. The fraction of sp³-hybridized carbons (Fsp3) is 0.364. The molecule has 35 heavy (non-hydrogen) atoms. The molecule has 3 N–H and O–H groups in total. The van der Waals surface area contributed by atoms with Crippen molar-refractivity contribution in [2.75, 3.05) is 19.8 Å². The molecule has 8 nitrogen and oxygen atoms in total. The minimum absolute atomic E-state index is 0.131. The van der Waals surface area contributed by atoms with Gasteiger partial charge in [0.05, 0.1) is 31.4 Å². The van der Waals surface area contributed by atoms with Crippen LogP contribution in [0.25, 0.3) is 0 Å². The lowest BCUT2D eigenvalue weighted by Crippen LogP contribution is -2.46. The molecule has 1 aliphatic heterocycles. The van der Waals surface area contributed by atoms with Crippen molar-refractivity contribution in [2.45, 2.75) is 31.2 Å². The van der Waals surface area contributed by atoms with Crippen LogP contribution in [-0.4, -0.2) is 51.2 Å². The highest BCUT2D eigenvalue weighted by molar-refractivity contribution is 5.29. The van der Waals surface area contributed by atoms with Crippen LogP contribution in [0.5, 0.6) is 0 Å². The van der Waals surface area contributed by atoms with Crippen molar-refractivity contribution in [3.05, 3.63) is 87.1 Å². The Morgan fingerprint density at radius 3 is 2.51 bits per heavy atom. The number of ether oxygens (including phenoxy) is 2. The number of aliphatic hydroxyl groups excluding tert-OH is 1. The fourth-order valence-electron chi connectivity index (χ4n) is 3.93. The third-order valence-corrected chi connectivity index (χ3v) is 5.51. The number of nitrogens with zero attached hydrogens (tertiary/aromatic N) is 2. The second kappa shape index (κ2) is 10.2. The third kappa shape index (κ3) is 5.93. The Hall–Kier alpha value is -3.13. The molecule has 4 rings (SSSR count). The number of aromatic amines is 2. The summed E-state index contributed by atoms with van der Waals surface area (Å²) < 4.78 is 78.7. The van der Waals surface area contributed by atoms with Crippen LogP contribution >= 0.6 is 0 Å². The topological polar surface area (TPSA) is 103 Å². The fourth-order valence-corrected chi connectivity index (χ4v) is 3.93. The number of H-pyrrole nitrogens is 2. The standard InChI is InChI=1S/C22H21F5N4O4/c23-15-3-1-12(2-4-15)19-20(34-6-5-31(19)10-18-28-21(33)30-29-18)35-17(11-32)13-7-14(22(25,26)27)9-16(24)8-13/h1-4,7-9,17,19-20,32H,5-6,10-11H2,(H2,28,29,30,33)/t17-,19+,20-/m1/s1. The van der Waals surface area contributed by atoms with Gasteiger partial charge in [-0.25, -0.2) is 18.7 Å². The summed E-state index contributed by atoms with van der Waals surface area (Å²) in [7, 11) is 0. The van der Waals surface area contributed by atoms with Crippen LogP contribution in [0, 0.1) is 11.6 Å². The molecule has 0 bridgehead atoms. The van der Waals surface area contributed by atoms with E-state index in [1.807, 2.05) is 4.90 Å². The molecular weight excluding hydrogens is 479 g/mol. The van der Waals surface area contributed by atoms with Crippen LogP contribution in [0.1, 0.15) is 34.7 Å². The number of morpholine rings is 1. The van der Waals surface area contributed by atoms with Crippen LogP contribution in [0.2, 0.25) is 0 Å². The summed E-state index contributed by atoms with van der Waals surface area (Å²) in [4.78, 5) is 17.0. The Morgan fingerprint density at radius 1 is 1.14 bits per heavy atom. The Labute approximate surface area is 195 Å². The molecule has 1 aliphatic rings. The minimum atomic E-state index is -4.80. The quantitative estimate of drug-likeness (QED) is 0.431. The monoisotopic (exact) mass is 500 g/mol. The smallest absolute Gasteiger partial charge is 0.393 e. The highest BCUT2D eigenvalue weighted by atomic mass is 19.4. The van der Waals surface area contributed by atoms with E-state index in [0.29, 0.717) is 30.1 Å². The molecule has 3 atom stereocenters. The van der Waals surface area contributed by atoms with Crippen LogP contribution in [-0.2, 0) is 22.2 Å². The first-order valence-electron chi connectivity index (χ1n) is 10.5. The highest BCUT2D eigenvalue weighted by Crippen LogP contribution is 2.36. The lowest BCUT2D eigenvalue weighted by Gasteiger charge is -2.41. The average Bonchev–Trinajstić information content (AvgIpc) is 3.22. The first kappa shape index (κ1) is 25.0. The van der Waals surface area contributed by atoms with Gasteiger partial charge in [0.25, 0.3) is 0 Å². The first-order valence-corrected chi connectivity index (χ1v) is 10.5. The van der Waals surface area contributed by atoms with E-state index >= 15 is 0 Å². The van der Waals surface area contributed by atoms with Crippen molar-refractivity contribution >= 4 is 0 Å². The van der Waals surface area contributed by atoms with E-state index in [4.69, 9.17) is 9.47 Å². The lowest BCUT2D eigenvalue weighted by molar-refractivity contribution is -0.238. The summed E-state index contributed by atoms with van der Waals surface area (Å²) in [6.07, 6.45) is -7.30. The predicted molar refractivity (Wildman–Crippen MR) is 111 cm³/mol. The number of nitrogens with one attached hydrogen (secondary N) is 2.